The second-order valence-corrected chi connectivity index (χ2v) is 6.04. The Labute approximate surface area is 121 Å². The van der Waals surface area contributed by atoms with Crippen molar-refractivity contribution in [2.75, 3.05) is 21.2 Å². The summed E-state index contributed by atoms with van der Waals surface area (Å²) >= 11 is 0. The van der Waals surface area contributed by atoms with Gasteiger partial charge >= 0.3 is 0 Å². The molecule has 112 valence electrons. The van der Waals surface area contributed by atoms with Crippen LogP contribution in [0.2, 0.25) is 0 Å². The number of nitrogens with zero attached hydrogens (tertiary/aromatic N) is 1. The zero-order valence-electron chi connectivity index (χ0n) is 12.6. The van der Waals surface area contributed by atoms with Gasteiger partial charge in [-0.3, -0.25) is 0 Å². The van der Waals surface area contributed by atoms with Gasteiger partial charge in [0.25, 0.3) is 0 Å². The summed E-state index contributed by atoms with van der Waals surface area (Å²) in [6, 6.07) is 5.84. The van der Waals surface area contributed by atoms with Crippen LogP contribution in [0.25, 0.3) is 0 Å². The fourth-order valence-electron chi connectivity index (χ4n) is 3.06. The van der Waals surface area contributed by atoms with Crippen LogP contribution in [-0.4, -0.2) is 42.4 Å². The number of hydrogen-bond acceptors (Lipinski definition) is 4. The lowest BCUT2D eigenvalue weighted by Gasteiger charge is -2.37. The van der Waals surface area contributed by atoms with Crippen LogP contribution in [0.3, 0.4) is 0 Å². The smallest absolute Gasteiger partial charge is 0.119 e. The van der Waals surface area contributed by atoms with Crippen molar-refractivity contribution < 1.29 is 14.9 Å². The molecule has 0 saturated heterocycles. The van der Waals surface area contributed by atoms with Gasteiger partial charge in [-0.25, -0.2) is 0 Å². The van der Waals surface area contributed by atoms with Gasteiger partial charge < -0.3 is 19.8 Å². The molecule has 1 aliphatic carbocycles. The Morgan fingerprint density at radius 3 is 2.75 bits per heavy atom. The lowest BCUT2D eigenvalue weighted by atomic mass is 9.76. The van der Waals surface area contributed by atoms with Crippen molar-refractivity contribution in [3.05, 3.63) is 29.3 Å². The Hall–Kier alpha value is -1.10. The summed E-state index contributed by atoms with van der Waals surface area (Å²) < 4.78 is 5.29. The predicted molar refractivity (Wildman–Crippen MR) is 78.8 cm³/mol. The summed E-state index contributed by atoms with van der Waals surface area (Å²) in [6.45, 7) is 0.762. The zero-order valence-corrected chi connectivity index (χ0v) is 12.6. The van der Waals surface area contributed by atoms with Gasteiger partial charge in [0.1, 0.15) is 5.75 Å². The van der Waals surface area contributed by atoms with Crippen LogP contribution in [0.5, 0.6) is 5.75 Å². The van der Waals surface area contributed by atoms with E-state index in [9.17, 15) is 10.2 Å². The van der Waals surface area contributed by atoms with E-state index in [1.54, 1.807) is 7.11 Å². The SMILES string of the molecule is COc1ccc(CN(C)C)c(C2(O)CCCC(O)C2)c1. The molecule has 0 radical (unpaired) electrons. The molecule has 0 amide bonds. The number of benzene rings is 1. The molecular weight excluding hydrogens is 254 g/mol. The summed E-state index contributed by atoms with van der Waals surface area (Å²) in [7, 11) is 5.64. The molecule has 1 fully saturated rings. The first-order valence-corrected chi connectivity index (χ1v) is 7.17. The maximum atomic E-state index is 11.0. The van der Waals surface area contributed by atoms with E-state index in [-0.39, 0.29) is 0 Å². The van der Waals surface area contributed by atoms with Crippen LogP contribution >= 0.6 is 0 Å². The number of aliphatic hydroxyl groups excluding tert-OH is 1. The van der Waals surface area contributed by atoms with Crippen LogP contribution in [0, 0.1) is 0 Å². The molecule has 2 atom stereocenters. The predicted octanol–water partition coefficient (Wildman–Crippen LogP) is 1.88. The molecular formula is C16H25NO3. The van der Waals surface area contributed by atoms with Gasteiger partial charge in [-0.05, 0) is 56.6 Å². The lowest BCUT2D eigenvalue weighted by Crippen LogP contribution is -2.36. The first kappa shape index (κ1) is 15.3. The van der Waals surface area contributed by atoms with Crippen molar-refractivity contribution in [1.82, 2.24) is 4.90 Å². The Morgan fingerprint density at radius 2 is 2.15 bits per heavy atom. The average Bonchev–Trinajstić information content (AvgIpc) is 2.38. The highest BCUT2D eigenvalue weighted by molar-refractivity contribution is 5.40. The van der Waals surface area contributed by atoms with Crippen molar-refractivity contribution in [2.24, 2.45) is 0 Å². The number of methoxy groups -OCH3 is 1. The van der Waals surface area contributed by atoms with E-state index < -0.39 is 11.7 Å². The first-order valence-electron chi connectivity index (χ1n) is 7.17. The molecule has 4 heteroatoms. The van der Waals surface area contributed by atoms with E-state index in [1.807, 2.05) is 32.3 Å². The van der Waals surface area contributed by atoms with Crippen LogP contribution in [0.15, 0.2) is 18.2 Å². The molecule has 0 bridgehead atoms. The second-order valence-electron chi connectivity index (χ2n) is 6.04. The fraction of sp³-hybridized carbons (Fsp3) is 0.625. The maximum Gasteiger partial charge on any atom is 0.119 e. The van der Waals surface area contributed by atoms with Crippen molar-refractivity contribution >= 4 is 0 Å². The monoisotopic (exact) mass is 279 g/mol. The number of aliphatic hydroxyl groups is 2. The van der Waals surface area contributed by atoms with Gasteiger partial charge in [0.2, 0.25) is 0 Å². The van der Waals surface area contributed by atoms with E-state index in [0.717, 1.165) is 36.3 Å². The molecule has 0 aliphatic heterocycles. The van der Waals surface area contributed by atoms with E-state index in [4.69, 9.17) is 4.74 Å². The second kappa shape index (κ2) is 6.12. The molecule has 0 spiro atoms. The standard InChI is InChI=1S/C16H25NO3/c1-17(2)11-12-6-7-14(20-3)9-15(12)16(19)8-4-5-13(18)10-16/h6-7,9,13,18-19H,4-5,8,10-11H2,1-3H3. The lowest BCUT2D eigenvalue weighted by molar-refractivity contribution is -0.0507. The van der Waals surface area contributed by atoms with E-state index >= 15 is 0 Å². The third-order valence-electron chi connectivity index (χ3n) is 4.01. The van der Waals surface area contributed by atoms with Gasteiger partial charge in [0, 0.05) is 13.0 Å². The van der Waals surface area contributed by atoms with E-state index in [1.165, 1.54) is 0 Å². The molecule has 1 aromatic carbocycles. The molecule has 2 unspecified atom stereocenters. The van der Waals surface area contributed by atoms with Crippen LogP contribution < -0.4 is 4.74 Å². The van der Waals surface area contributed by atoms with E-state index in [2.05, 4.69) is 4.90 Å². The summed E-state index contributed by atoms with van der Waals surface area (Å²) in [5.74, 6) is 0.746. The highest BCUT2D eigenvalue weighted by Gasteiger charge is 2.37. The minimum atomic E-state index is -0.947. The van der Waals surface area contributed by atoms with Crippen molar-refractivity contribution in [2.45, 2.75) is 43.9 Å². The van der Waals surface area contributed by atoms with Crippen molar-refractivity contribution in [3.8, 4) is 5.75 Å². The summed E-state index contributed by atoms with van der Waals surface area (Å²) in [4.78, 5) is 2.08. The Kier molecular flexibility index (Phi) is 4.68. The van der Waals surface area contributed by atoms with Crippen molar-refractivity contribution in [3.63, 3.8) is 0 Å². The number of rotatable bonds is 4. The number of ether oxygens (including phenoxy) is 1. The van der Waals surface area contributed by atoms with Crippen molar-refractivity contribution in [1.29, 1.82) is 0 Å². The molecule has 0 aromatic heterocycles. The average molecular weight is 279 g/mol. The van der Waals surface area contributed by atoms with Crippen LogP contribution in [-0.2, 0) is 12.1 Å². The van der Waals surface area contributed by atoms with Gasteiger partial charge in [-0.2, -0.15) is 0 Å². The fourth-order valence-corrected chi connectivity index (χ4v) is 3.06. The Morgan fingerprint density at radius 1 is 1.40 bits per heavy atom. The van der Waals surface area contributed by atoms with Gasteiger partial charge in [0.05, 0.1) is 18.8 Å². The highest BCUT2D eigenvalue weighted by Crippen LogP contribution is 2.40. The minimum Gasteiger partial charge on any atom is -0.497 e. The normalized spacial score (nSPS) is 26.8. The Balaban J connectivity index is 2.40. The summed E-state index contributed by atoms with van der Waals surface area (Å²) in [6.07, 6.45) is 2.29. The maximum absolute atomic E-state index is 11.0. The quantitative estimate of drug-likeness (QED) is 0.883. The van der Waals surface area contributed by atoms with E-state index in [0.29, 0.717) is 12.8 Å². The molecule has 2 N–H and O–H groups in total. The third kappa shape index (κ3) is 3.32. The molecule has 1 aliphatic rings. The molecule has 1 aromatic rings. The zero-order chi connectivity index (χ0) is 14.8. The highest BCUT2D eigenvalue weighted by atomic mass is 16.5. The van der Waals surface area contributed by atoms with Crippen LogP contribution in [0.4, 0.5) is 0 Å². The largest absolute Gasteiger partial charge is 0.497 e. The van der Waals surface area contributed by atoms with Gasteiger partial charge in [-0.15, -0.1) is 0 Å². The molecule has 0 heterocycles. The minimum absolute atomic E-state index is 0.403. The van der Waals surface area contributed by atoms with Gasteiger partial charge in [-0.1, -0.05) is 6.07 Å². The third-order valence-corrected chi connectivity index (χ3v) is 4.01. The Bertz CT molecular complexity index is 461. The van der Waals surface area contributed by atoms with Gasteiger partial charge in [0.15, 0.2) is 0 Å². The molecule has 1 saturated carbocycles. The summed E-state index contributed by atoms with van der Waals surface area (Å²) in [5.41, 5.74) is 1.04. The van der Waals surface area contributed by atoms with Crippen LogP contribution in [0.1, 0.15) is 36.8 Å². The molecule has 4 nitrogen and oxygen atoms in total. The topological polar surface area (TPSA) is 52.9 Å². The number of hydrogen-bond donors (Lipinski definition) is 2. The molecule has 2 rings (SSSR count). The first-order chi connectivity index (χ1) is 9.44. The summed E-state index contributed by atoms with van der Waals surface area (Å²) in [5, 5.41) is 20.9. The molecule has 20 heavy (non-hydrogen) atoms.